The van der Waals surface area contributed by atoms with Gasteiger partial charge in [-0.1, -0.05) is 15.9 Å². The molecule has 1 saturated carbocycles. The largest absolute Gasteiger partial charge is 0.444 e. The van der Waals surface area contributed by atoms with E-state index in [9.17, 15) is 4.79 Å². The topological polar surface area (TPSA) is 50.4 Å². The number of alkyl carbamates (subject to hydrolysis) is 1. The lowest BCUT2D eigenvalue weighted by Gasteiger charge is -2.22. The number of amides is 1. The van der Waals surface area contributed by atoms with Gasteiger partial charge in [0.1, 0.15) is 5.60 Å². The maximum Gasteiger partial charge on any atom is 0.407 e. The van der Waals surface area contributed by atoms with Gasteiger partial charge in [-0.05, 0) is 84.0 Å². The average Bonchev–Trinajstić information content (AvgIpc) is 2.78. The SMILES string of the molecule is CC(C)(C)OC(=O)NC1CCC(Nc2c(Br)cc(Br)cc2Br)C1. The number of ether oxygens (including phenoxy) is 1. The minimum atomic E-state index is -0.465. The second-order valence-corrected chi connectivity index (χ2v) is 9.37. The van der Waals surface area contributed by atoms with Gasteiger partial charge >= 0.3 is 6.09 Å². The Hall–Kier alpha value is -0.270. The van der Waals surface area contributed by atoms with Gasteiger partial charge in [0, 0.05) is 25.5 Å². The molecular formula is C16H21Br3N2O2. The van der Waals surface area contributed by atoms with E-state index in [4.69, 9.17) is 4.74 Å². The summed E-state index contributed by atoms with van der Waals surface area (Å²) in [5, 5.41) is 6.51. The van der Waals surface area contributed by atoms with Crippen molar-refractivity contribution in [2.24, 2.45) is 0 Å². The van der Waals surface area contributed by atoms with Crippen molar-refractivity contribution in [3.8, 4) is 0 Å². The molecule has 2 rings (SSSR count). The lowest BCUT2D eigenvalue weighted by atomic mass is 10.2. The van der Waals surface area contributed by atoms with Crippen LogP contribution in [0.3, 0.4) is 0 Å². The highest BCUT2D eigenvalue weighted by molar-refractivity contribution is 9.11. The average molecular weight is 513 g/mol. The molecule has 1 aromatic rings. The van der Waals surface area contributed by atoms with Gasteiger partial charge in [0.2, 0.25) is 0 Å². The molecule has 2 N–H and O–H groups in total. The molecule has 0 spiro atoms. The predicted molar refractivity (Wildman–Crippen MR) is 104 cm³/mol. The van der Waals surface area contributed by atoms with Crippen LogP contribution in [0.15, 0.2) is 25.6 Å². The Morgan fingerprint density at radius 2 is 1.70 bits per heavy atom. The Kier molecular flexibility index (Phi) is 6.42. The van der Waals surface area contributed by atoms with Crippen molar-refractivity contribution in [1.82, 2.24) is 5.32 Å². The van der Waals surface area contributed by atoms with Crippen molar-refractivity contribution in [1.29, 1.82) is 0 Å². The standard InChI is InChI=1S/C16H21Br3N2O2/c1-16(2,3)23-15(22)21-11-5-4-10(8-11)20-14-12(18)6-9(17)7-13(14)19/h6-7,10-11,20H,4-5,8H2,1-3H3,(H,21,22). The van der Waals surface area contributed by atoms with E-state index in [-0.39, 0.29) is 12.1 Å². The van der Waals surface area contributed by atoms with Crippen molar-refractivity contribution in [3.05, 3.63) is 25.6 Å². The molecule has 23 heavy (non-hydrogen) atoms. The third-order valence-electron chi connectivity index (χ3n) is 3.51. The number of halogens is 3. The second kappa shape index (κ2) is 7.74. The summed E-state index contributed by atoms with van der Waals surface area (Å²) in [5.74, 6) is 0. The minimum absolute atomic E-state index is 0.148. The summed E-state index contributed by atoms with van der Waals surface area (Å²) in [6, 6.07) is 4.50. The number of carbonyl (C=O) groups is 1. The first-order chi connectivity index (χ1) is 10.6. The van der Waals surface area contributed by atoms with Gasteiger partial charge in [-0.3, -0.25) is 0 Å². The molecule has 1 fully saturated rings. The lowest BCUT2D eigenvalue weighted by molar-refractivity contribution is 0.0505. The number of hydrogen-bond donors (Lipinski definition) is 2. The van der Waals surface area contributed by atoms with Crippen LogP contribution in [0.2, 0.25) is 0 Å². The fourth-order valence-electron chi connectivity index (χ4n) is 2.60. The van der Waals surface area contributed by atoms with Crippen molar-refractivity contribution in [2.75, 3.05) is 5.32 Å². The van der Waals surface area contributed by atoms with Gasteiger partial charge in [-0.2, -0.15) is 0 Å². The van der Waals surface area contributed by atoms with Crippen molar-refractivity contribution >= 4 is 59.6 Å². The van der Waals surface area contributed by atoms with Crippen LogP contribution < -0.4 is 10.6 Å². The third-order valence-corrected chi connectivity index (χ3v) is 5.22. The zero-order valence-corrected chi connectivity index (χ0v) is 18.1. The van der Waals surface area contributed by atoms with Gasteiger partial charge < -0.3 is 15.4 Å². The van der Waals surface area contributed by atoms with Crippen LogP contribution >= 0.6 is 47.8 Å². The summed E-state index contributed by atoms with van der Waals surface area (Å²) < 4.78 is 8.33. The lowest BCUT2D eigenvalue weighted by Crippen LogP contribution is -2.38. The highest BCUT2D eigenvalue weighted by Gasteiger charge is 2.28. The van der Waals surface area contributed by atoms with Crippen LogP contribution in [0.5, 0.6) is 0 Å². The van der Waals surface area contributed by atoms with Crippen LogP contribution in [-0.4, -0.2) is 23.8 Å². The van der Waals surface area contributed by atoms with Crippen LogP contribution in [0, 0.1) is 0 Å². The Balaban J connectivity index is 1.90. The molecule has 0 heterocycles. The summed E-state index contributed by atoms with van der Waals surface area (Å²) in [4.78, 5) is 11.9. The zero-order valence-electron chi connectivity index (χ0n) is 13.4. The molecular weight excluding hydrogens is 492 g/mol. The number of carbonyl (C=O) groups excluding carboxylic acids is 1. The Labute approximate surface area is 162 Å². The molecule has 1 aliphatic rings. The maximum absolute atomic E-state index is 11.9. The monoisotopic (exact) mass is 510 g/mol. The van der Waals surface area contributed by atoms with Crippen LogP contribution in [0.25, 0.3) is 0 Å². The summed E-state index contributed by atoms with van der Waals surface area (Å²) in [6.07, 6.45) is 2.50. The minimum Gasteiger partial charge on any atom is -0.444 e. The first kappa shape index (κ1) is 19.1. The smallest absolute Gasteiger partial charge is 0.407 e. The molecule has 2 atom stereocenters. The summed E-state index contributed by atoms with van der Waals surface area (Å²) in [7, 11) is 0. The molecule has 0 radical (unpaired) electrons. The van der Waals surface area contributed by atoms with Gasteiger partial charge in [-0.25, -0.2) is 4.79 Å². The molecule has 1 aromatic carbocycles. The summed E-state index contributed by atoms with van der Waals surface area (Å²) >= 11 is 10.6. The van der Waals surface area contributed by atoms with Gasteiger partial charge in [0.25, 0.3) is 0 Å². The summed E-state index contributed by atoms with van der Waals surface area (Å²) in [5.41, 5.74) is 0.573. The molecule has 0 bridgehead atoms. The van der Waals surface area contributed by atoms with E-state index < -0.39 is 5.60 Å². The van der Waals surface area contributed by atoms with Crippen LogP contribution in [-0.2, 0) is 4.74 Å². The highest BCUT2D eigenvalue weighted by Crippen LogP contribution is 2.36. The van der Waals surface area contributed by atoms with E-state index in [0.29, 0.717) is 6.04 Å². The molecule has 0 aliphatic heterocycles. The number of rotatable bonds is 3. The van der Waals surface area contributed by atoms with Crippen molar-refractivity contribution < 1.29 is 9.53 Å². The van der Waals surface area contributed by atoms with Crippen LogP contribution in [0.1, 0.15) is 40.0 Å². The number of nitrogens with one attached hydrogen (secondary N) is 2. The number of benzene rings is 1. The number of anilines is 1. The Morgan fingerprint density at radius 3 is 2.26 bits per heavy atom. The van der Waals surface area contributed by atoms with Crippen molar-refractivity contribution in [2.45, 2.75) is 57.7 Å². The van der Waals surface area contributed by atoms with E-state index in [2.05, 4.69) is 58.4 Å². The fraction of sp³-hybridized carbons (Fsp3) is 0.562. The van der Waals surface area contributed by atoms with E-state index >= 15 is 0 Å². The first-order valence-corrected chi connectivity index (χ1v) is 9.92. The normalized spacial score (nSPS) is 21.1. The third kappa shape index (κ3) is 5.94. The molecule has 4 nitrogen and oxygen atoms in total. The van der Waals surface area contributed by atoms with E-state index in [1.807, 2.05) is 32.9 Å². The zero-order chi connectivity index (χ0) is 17.2. The van der Waals surface area contributed by atoms with Gasteiger partial charge in [-0.15, -0.1) is 0 Å². The second-order valence-electron chi connectivity index (χ2n) is 6.74. The molecule has 1 aliphatic carbocycles. The predicted octanol–water partition coefficient (Wildman–Crippen LogP) is 5.83. The van der Waals surface area contributed by atoms with Gasteiger partial charge in [0.15, 0.2) is 0 Å². The number of hydrogen-bond acceptors (Lipinski definition) is 3. The maximum atomic E-state index is 11.9. The van der Waals surface area contributed by atoms with Crippen molar-refractivity contribution in [3.63, 3.8) is 0 Å². The van der Waals surface area contributed by atoms with Crippen LogP contribution in [0.4, 0.5) is 10.5 Å². The fourth-order valence-corrected chi connectivity index (χ4v) is 5.09. The quantitative estimate of drug-likeness (QED) is 0.535. The van der Waals surface area contributed by atoms with E-state index in [1.165, 1.54) is 0 Å². The highest BCUT2D eigenvalue weighted by atomic mass is 79.9. The van der Waals surface area contributed by atoms with E-state index in [1.54, 1.807) is 0 Å². The summed E-state index contributed by atoms with van der Waals surface area (Å²) in [6.45, 7) is 5.61. The Bertz CT molecular complexity index is 564. The molecule has 0 aromatic heterocycles. The Morgan fingerprint density at radius 1 is 1.13 bits per heavy atom. The molecule has 0 saturated heterocycles. The first-order valence-electron chi connectivity index (χ1n) is 7.54. The molecule has 128 valence electrons. The molecule has 1 amide bonds. The van der Waals surface area contributed by atoms with E-state index in [0.717, 1.165) is 38.4 Å². The molecule has 2 unspecified atom stereocenters. The molecule has 7 heteroatoms. The van der Waals surface area contributed by atoms with Gasteiger partial charge in [0.05, 0.1) is 5.69 Å².